The highest BCUT2D eigenvalue weighted by atomic mass is 16.7. The molecule has 4 rings (SSSR count). The Morgan fingerprint density at radius 1 is 1.19 bits per heavy atom. The molecule has 4 amide bonds. The van der Waals surface area contributed by atoms with Crippen molar-refractivity contribution in [1.29, 1.82) is 0 Å². The molecule has 26 heavy (non-hydrogen) atoms. The Labute approximate surface area is 150 Å². The molecule has 2 N–H and O–H groups in total. The Hall–Kier alpha value is -2.77. The molecule has 8 nitrogen and oxygen atoms in total. The minimum Gasteiger partial charge on any atom is -0.454 e. The maximum absolute atomic E-state index is 12.5. The summed E-state index contributed by atoms with van der Waals surface area (Å²) in [5.41, 5.74) is -0.193. The van der Waals surface area contributed by atoms with Crippen LogP contribution in [0.25, 0.3) is 0 Å². The Bertz CT molecular complexity index is 757. The number of benzene rings is 1. The summed E-state index contributed by atoms with van der Waals surface area (Å²) in [6.45, 7) is 0.832. The molecule has 8 heteroatoms. The van der Waals surface area contributed by atoms with Crippen LogP contribution in [0.4, 0.5) is 4.79 Å². The number of carbonyl (C=O) groups is 3. The number of hydrogen-bond acceptors (Lipinski definition) is 5. The van der Waals surface area contributed by atoms with Gasteiger partial charge < -0.3 is 20.1 Å². The van der Waals surface area contributed by atoms with Crippen LogP contribution in [0, 0.1) is 0 Å². The molecule has 2 fully saturated rings. The summed E-state index contributed by atoms with van der Waals surface area (Å²) in [5, 5.41) is 5.65. The van der Waals surface area contributed by atoms with E-state index in [4.69, 9.17) is 9.47 Å². The van der Waals surface area contributed by atoms with E-state index in [2.05, 4.69) is 10.6 Å². The van der Waals surface area contributed by atoms with Crippen LogP contribution in [-0.4, -0.2) is 48.2 Å². The van der Waals surface area contributed by atoms with E-state index in [1.807, 2.05) is 0 Å². The number of fused-ring (bicyclic) bond motifs is 1. The van der Waals surface area contributed by atoms with E-state index in [1.54, 1.807) is 18.2 Å². The molecule has 2 aliphatic heterocycles. The van der Waals surface area contributed by atoms with Gasteiger partial charge in [0.25, 0.3) is 11.8 Å². The standard InChI is InChI=1S/C18H21N3O5/c22-15(12-4-5-13-14(10-12)26-11-25-13)19-8-3-9-21-16(23)18(20-17(21)24)6-1-2-7-18/h4-5,10H,1-3,6-9,11H2,(H,19,22)(H,20,24). The average molecular weight is 359 g/mol. The van der Waals surface area contributed by atoms with Gasteiger partial charge in [-0.25, -0.2) is 4.79 Å². The number of urea groups is 1. The van der Waals surface area contributed by atoms with Crippen LogP contribution in [0.1, 0.15) is 42.5 Å². The SMILES string of the molecule is O=C(NCCCN1C(=O)NC2(CCCC2)C1=O)c1ccc2c(c1)OCO2. The van der Waals surface area contributed by atoms with Gasteiger partial charge in [-0.3, -0.25) is 14.5 Å². The first-order valence-corrected chi connectivity index (χ1v) is 8.91. The van der Waals surface area contributed by atoms with Crippen molar-refractivity contribution in [3.8, 4) is 11.5 Å². The predicted molar refractivity (Wildman–Crippen MR) is 91.0 cm³/mol. The Balaban J connectivity index is 1.27. The number of rotatable bonds is 5. The van der Waals surface area contributed by atoms with Crippen molar-refractivity contribution in [2.75, 3.05) is 19.9 Å². The van der Waals surface area contributed by atoms with Crippen LogP contribution in [0.15, 0.2) is 18.2 Å². The first-order valence-electron chi connectivity index (χ1n) is 8.91. The van der Waals surface area contributed by atoms with Crippen LogP contribution in [-0.2, 0) is 4.79 Å². The molecule has 0 aromatic heterocycles. The third-order valence-corrected chi connectivity index (χ3v) is 5.18. The molecule has 1 saturated heterocycles. The molecule has 2 heterocycles. The summed E-state index contributed by atoms with van der Waals surface area (Å²) in [6, 6.07) is 4.69. The lowest BCUT2D eigenvalue weighted by Gasteiger charge is -2.20. The lowest BCUT2D eigenvalue weighted by molar-refractivity contribution is -0.131. The fourth-order valence-electron chi connectivity index (χ4n) is 3.78. The summed E-state index contributed by atoms with van der Waals surface area (Å²) >= 11 is 0. The quantitative estimate of drug-likeness (QED) is 0.612. The first-order chi connectivity index (χ1) is 12.6. The average Bonchev–Trinajstić information content (AvgIpc) is 3.34. The number of hydrogen-bond donors (Lipinski definition) is 2. The fourth-order valence-corrected chi connectivity index (χ4v) is 3.78. The van der Waals surface area contributed by atoms with Gasteiger partial charge >= 0.3 is 6.03 Å². The third-order valence-electron chi connectivity index (χ3n) is 5.18. The van der Waals surface area contributed by atoms with Crippen molar-refractivity contribution >= 4 is 17.8 Å². The van der Waals surface area contributed by atoms with E-state index < -0.39 is 5.54 Å². The fraction of sp³-hybridized carbons (Fsp3) is 0.500. The van der Waals surface area contributed by atoms with Gasteiger partial charge in [-0.1, -0.05) is 12.8 Å². The van der Waals surface area contributed by atoms with Crippen LogP contribution in [0.5, 0.6) is 11.5 Å². The number of nitrogens with zero attached hydrogens (tertiary/aromatic N) is 1. The smallest absolute Gasteiger partial charge is 0.325 e. The van der Waals surface area contributed by atoms with Gasteiger partial charge in [0.15, 0.2) is 11.5 Å². The number of amides is 4. The molecule has 0 atom stereocenters. The van der Waals surface area contributed by atoms with Gasteiger partial charge in [0.05, 0.1) is 0 Å². The number of carbonyl (C=O) groups excluding carboxylic acids is 3. The molecular formula is C18H21N3O5. The molecular weight excluding hydrogens is 338 g/mol. The second-order valence-electron chi connectivity index (χ2n) is 6.85. The normalized spacial score (nSPS) is 19.9. The third kappa shape index (κ3) is 2.85. The zero-order valence-corrected chi connectivity index (χ0v) is 14.4. The van der Waals surface area contributed by atoms with Crippen LogP contribution < -0.4 is 20.1 Å². The van der Waals surface area contributed by atoms with E-state index in [9.17, 15) is 14.4 Å². The summed E-state index contributed by atoms with van der Waals surface area (Å²) in [7, 11) is 0. The van der Waals surface area contributed by atoms with E-state index >= 15 is 0 Å². The maximum Gasteiger partial charge on any atom is 0.325 e. The number of nitrogens with one attached hydrogen (secondary N) is 2. The minimum atomic E-state index is -0.674. The second-order valence-corrected chi connectivity index (χ2v) is 6.85. The van der Waals surface area contributed by atoms with Gasteiger partial charge in [0, 0.05) is 18.7 Å². The van der Waals surface area contributed by atoms with E-state index in [-0.39, 0.29) is 24.6 Å². The number of imide groups is 1. The highest BCUT2D eigenvalue weighted by Crippen LogP contribution is 2.35. The Morgan fingerprint density at radius 2 is 1.96 bits per heavy atom. The summed E-state index contributed by atoms with van der Waals surface area (Å²) < 4.78 is 10.5. The van der Waals surface area contributed by atoms with Crippen LogP contribution >= 0.6 is 0 Å². The molecule has 0 radical (unpaired) electrons. The van der Waals surface area contributed by atoms with Gasteiger partial charge in [-0.05, 0) is 37.5 Å². The predicted octanol–water partition coefficient (Wildman–Crippen LogP) is 1.40. The molecule has 1 saturated carbocycles. The van der Waals surface area contributed by atoms with Crippen LogP contribution in [0.3, 0.4) is 0 Å². The lowest BCUT2D eigenvalue weighted by atomic mass is 9.98. The molecule has 0 bridgehead atoms. The molecule has 1 aromatic rings. The molecule has 138 valence electrons. The second kappa shape index (κ2) is 6.51. The molecule has 3 aliphatic rings. The maximum atomic E-state index is 12.5. The number of ether oxygens (including phenoxy) is 2. The monoisotopic (exact) mass is 359 g/mol. The molecule has 1 aliphatic carbocycles. The van der Waals surface area contributed by atoms with Crippen LogP contribution in [0.2, 0.25) is 0 Å². The van der Waals surface area contributed by atoms with E-state index in [1.165, 1.54) is 4.90 Å². The van der Waals surface area contributed by atoms with Gasteiger partial charge in [0.2, 0.25) is 6.79 Å². The van der Waals surface area contributed by atoms with Crippen molar-refractivity contribution in [1.82, 2.24) is 15.5 Å². The van der Waals surface area contributed by atoms with Crippen molar-refractivity contribution in [2.45, 2.75) is 37.6 Å². The topological polar surface area (TPSA) is 97.0 Å². The Kier molecular flexibility index (Phi) is 4.18. The van der Waals surface area contributed by atoms with Gasteiger partial charge in [-0.2, -0.15) is 0 Å². The van der Waals surface area contributed by atoms with Crippen molar-refractivity contribution in [3.63, 3.8) is 0 Å². The first kappa shape index (κ1) is 16.7. The zero-order chi connectivity index (χ0) is 18.1. The van der Waals surface area contributed by atoms with Gasteiger partial charge in [-0.15, -0.1) is 0 Å². The largest absolute Gasteiger partial charge is 0.454 e. The summed E-state index contributed by atoms with van der Waals surface area (Å²) in [4.78, 5) is 38.1. The van der Waals surface area contributed by atoms with Crippen molar-refractivity contribution in [3.05, 3.63) is 23.8 Å². The molecule has 1 aromatic carbocycles. The molecule has 0 unspecified atom stereocenters. The Morgan fingerprint density at radius 3 is 2.77 bits per heavy atom. The van der Waals surface area contributed by atoms with E-state index in [0.29, 0.717) is 36.6 Å². The minimum absolute atomic E-state index is 0.123. The van der Waals surface area contributed by atoms with Gasteiger partial charge in [0.1, 0.15) is 5.54 Å². The lowest BCUT2D eigenvalue weighted by Crippen LogP contribution is -2.44. The summed E-state index contributed by atoms with van der Waals surface area (Å²) in [6.07, 6.45) is 3.87. The highest BCUT2D eigenvalue weighted by Gasteiger charge is 2.51. The zero-order valence-electron chi connectivity index (χ0n) is 14.4. The van der Waals surface area contributed by atoms with Crippen molar-refractivity contribution in [2.24, 2.45) is 0 Å². The highest BCUT2D eigenvalue weighted by molar-refractivity contribution is 6.07. The summed E-state index contributed by atoms with van der Waals surface area (Å²) in [5.74, 6) is 0.828. The van der Waals surface area contributed by atoms with Crippen molar-refractivity contribution < 1.29 is 23.9 Å². The van der Waals surface area contributed by atoms with E-state index in [0.717, 1.165) is 25.7 Å². The molecule has 1 spiro atoms.